The van der Waals surface area contributed by atoms with Crippen LogP contribution in [0.25, 0.3) is 11.4 Å². The van der Waals surface area contributed by atoms with Crippen molar-refractivity contribution in [2.24, 2.45) is 0 Å². The van der Waals surface area contributed by atoms with Gasteiger partial charge in [-0.25, -0.2) is 9.48 Å². The zero-order valence-corrected chi connectivity index (χ0v) is 16.4. The van der Waals surface area contributed by atoms with Crippen molar-refractivity contribution in [3.63, 3.8) is 0 Å². The van der Waals surface area contributed by atoms with Crippen molar-refractivity contribution in [1.29, 1.82) is 0 Å². The highest BCUT2D eigenvalue weighted by Crippen LogP contribution is 2.18. The minimum Gasteiger partial charge on any atom is -0.478 e. The number of amides is 1. The molecular formula is C22H17N5O4. The number of rotatable bonds is 5. The summed E-state index contributed by atoms with van der Waals surface area (Å²) in [5.74, 6) is -1.43. The monoisotopic (exact) mass is 415 g/mol. The molecule has 0 aliphatic carbocycles. The largest absolute Gasteiger partial charge is 0.478 e. The van der Waals surface area contributed by atoms with Crippen molar-refractivity contribution in [1.82, 2.24) is 19.6 Å². The second kappa shape index (κ2) is 8.07. The van der Waals surface area contributed by atoms with E-state index in [-0.39, 0.29) is 22.5 Å². The topological polar surface area (TPSA) is 110 Å². The van der Waals surface area contributed by atoms with Crippen LogP contribution in [0.3, 0.4) is 0 Å². The average molecular weight is 415 g/mol. The highest BCUT2D eigenvalue weighted by Gasteiger charge is 2.22. The molecule has 0 aliphatic heterocycles. The van der Waals surface area contributed by atoms with Gasteiger partial charge in [0.15, 0.2) is 5.82 Å². The molecule has 0 bridgehead atoms. The molecule has 2 aromatic heterocycles. The molecule has 0 fully saturated rings. The molecule has 0 saturated heterocycles. The first-order valence-electron chi connectivity index (χ1n) is 9.27. The van der Waals surface area contributed by atoms with Crippen molar-refractivity contribution < 1.29 is 14.7 Å². The first-order chi connectivity index (χ1) is 15.0. The van der Waals surface area contributed by atoms with E-state index in [0.717, 1.165) is 0 Å². The fraction of sp³-hybridized carbons (Fsp3) is 0.0455. The Balaban J connectivity index is 1.58. The maximum atomic E-state index is 12.8. The molecule has 2 heterocycles. The van der Waals surface area contributed by atoms with E-state index in [9.17, 15) is 19.5 Å². The van der Waals surface area contributed by atoms with Crippen LogP contribution in [0.4, 0.5) is 5.82 Å². The Labute approximate surface area is 176 Å². The average Bonchev–Trinajstić information content (AvgIpc) is 3.29. The maximum Gasteiger partial charge on any atom is 0.336 e. The summed E-state index contributed by atoms with van der Waals surface area (Å²) in [6, 6.07) is 18.0. The molecule has 31 heavy (non-hydrogen) atoms. The molecule has 4 rings (SSSR count). The van der Waals surface area contributed by atoms with Gasteiger partial charge in [0.25, 0.3) is 11.5 Å². The summed E-state index contributed by atoms with van der Waals surface area (Å²) in [5, 5.41) is 17.4. The van der Waals surface area contributed by atoms with Gasteiger partial charge in [-0.1, -0.05) is 23.4 Å². The van der Waals surface area contributed by atoms with E-state index >= 15 is 0 Å². The summed E-state index contributed by atoms with van der Waals surface area (Å²) in [4.78, 5) is 37.4. The number of hydrogen-bond acceptors (Lipinski definition) is 5. The SMILES string of the molecule is CN(C(=O)c1ccccc1C(=O)O)c1cn(-c2ccc(-n3ccccc3=O)cc2)nn1. The Morgan fingerprint density at radius 1 is 0.903 bits per heavy atom. The van der Waals surface area contributed by atoms with Gasteiger partial charge in [0.1, 0.15) is 0 Å². The third-order valence-electron chi connectivity index (χ3n) is 4.73. The Morgan fingerprint density at radius 3 is 2.23 bits per heavy atom. The number of aromatic carboxylic acids is 1. The quantitative estimate of drug-likeness (QED) is 0.536. The number of carbonyl (C=O) groups excluding carboxylic acids is 1. The number of benzene rings is 2. The van der Waals surface area contributed by atoms with Gasteiger partial charge in [-0.2, -0.15) is 0 Å². The number of carboxylic acids is 1. The van der Waals surface area contributed by atoms with Crippen LogP contribution in [-0.2, 0) is 0 Å². The second-order valence-corrected chi connectivity index (χ2v) is 6.66. The van der Waals surface area contributed by atoms with Gasteiger partial charge < -0.3 is 5.11 Å². The molecule has 4 aromatic rings. The van der Waals surface area contributed by atoms with Crippen LogP contribution < -0.4 is 10.5 Å². The predicted octanol–water partition coefficient (Wildman–Crippen LogP) is 2.39. The number of aromatic nitrogens is 4. The summed E-state index contributed by atoms with van der Waals surface area (Å²) < 4.78 is 3.00. The lowest BCUT2D eigenvalue weighted by Crippen LogP contribution is -2.28. The first kappa shape index (κ1) is 19.8. The maximum absolute atomic E-state index is 12.8. The Hall–Kier alpha value is -4.53. The van der Waals surface area contributed by atoms with Gasteiger partial charge in [-0.15, -0.1) is 5.10 Å². The van der Waals surface area contributed by atoms with Gasteiger partial charge in [0.05, 0.1) is 23.0 Å². The molecule has 0 spiro atoms. The standard InChI is InChI=1S/C22H17N5O4/c1-25(21(29)17-6-2-3-7-18(17)22(30)31)19-14-27(24-23-19)16-11-9-15(10-12-16)26-13-5-4-8-20(26)28/h2-14H,1H3,(H,30,31). The Morgan fingerprint density at radius 2 is 1.55 bits per heavy atom. The summed E-state index contributed by atoms with van der Waals surface area (Å²) in [6.45, 7) is 0. The van der Waals surface area contributed by atoms with Gasteiger partial charge in [-0.05, 0) is 42.5 Å². The number of hydrogen-bond donors (Lipinski definition) is 1. The van der Waals surface area contributed by atoms with E-state index in [1.807, 2.05) is 0 Å². The number of anilines is 1. The van der Waals surface area contributed by atoms with E-state index in [1.165, 1.54) is 39.4 Å². The molecule has 1 amide bonds. The molecular weight excluding hydrogens is 398 g/mol. The summed E-state index contributed by atoms with van der Waals surface area (Å²) in [6.07, 6.45) is 3.24. The van der Waals surface area contributed by atoms with Crippen LogP contribution in [0, 0.1) is 0 Å². The van der Waals surface area contributed by atoms with Crippen LogP contribution in [-0.4, -0.2) is 43.6 Å². The highest BCUT2D eigenvalue weighted by molar-refractivity contribution is 6.11. The molecule has 0 unspecified atom stereocenters. The van der Waals surface area contributed by atoms with E-state index in [2.05, 4.69) is 10.3 Å². The molecule has 2 aromatic carbocycles. The van der Waals surface area contributed by atoms with E-state index in [1.54, 1.807) is 60.9 Å². The number of carboxylic acid groups (broad SMARTS) is 1. The van der Waals surface area contributed by atoms with Crippen molar-refractivity contribution in [3.8, 4) is 11.4 Å². The van der Waals surface area contributed by atoms with Crippen molar-refractivity contribution >= 4 is 17.7 Å². The van der Waals surface area contributed by atoms with E-state index < -0.39 is 11.9 Å². The minimum absolute atomic E-state index is 0.0599. The molecule has 1 N–H and O–H groups in total. The Bertz CT molecular complexity index is 1320. The summed E-state index contributed by atoms with van der Waals surface area (Å²) in [7, 11) is 1.50. The van der Waals surface area contributed by atoms with Crippen LogP contribution in [0.1, 0.15) is 20.7 Å². The zero-order valence-electron chi connectivity index (χ0n) is 16.4. The lowest BCUT2D eigenvalue weighted by molar-refractivity contribution is 0.0692. The lowest BCUT2D eigenvalue weighted by atomic mass is 10.1. The third kappa shape index (κ3) is 3.84. The van der Waals surface area contributed by atoms with Gasteiger partial charge in [0.2, 0.25) is 0 Å². The molecule has 0 aliphatic rings. The van der Waals surface area contributed by atoms with Crippen LogP contribution >= 0.6 is 0 Å². The second-order valence-electron chi connectivity index (χ2n) is 6.66. The van der Waals surface area contributed by atoms with E-state index in [4.69, 9.17) is 0 Å². The highest BCUT2D eigenvalue weighted by atomic mass is 16.4. The normalized spacial score (nSPS) is 10.6. The number of pyridine rings is 1. The summed E-state index contributed by atoms with van der Waals surface area (Å²) in [5.41, 5.74) is 1.22. The van der Waals surface area contributed by atoms with Crippen molar-refractivity contribution in [3.05, 3.63) is 101 Å². The van der Waals surface area contributed by atoms with Crippen LogP contribution in [0.5, 0.6) is 0 Å². The molecule has 9 heteroatoms. The number of carbonyl (C=O) groups is 2. The zero-order chi connectivity index (χ0) is 22.0. The number of nitrogens with zero attached hydrogens (tertiary/aromatic N) is 5. The summed E-state index contributed by atoms with van der Waals surface area (Å²) >= 11 is 0. The predicted molar refractivity (Wildman–Crippen MR) is 113 cm³/mol. The molecule has 0 saturated carbocycles. The van der Waals surface area contributed by atoms with Gasteiger partial charge in [-0.3, -0.25) is 19.1 Å². The van der Waals surface area contributed by atoms with Crippen LogP contribution in [0.2, 0.25) is 0 Å². The van der Waals surface area contributed by atoms with Gasteiger partial charge >= 0.3 is 5.97 Å². The smallest absolute Gasteiger partial charge is 0.336 e. The molecule has 0 radical (unpaired) electrons. The van der Waals surface area contributed by atoms with E-state index in [0.29, 0.717) is 11.4 Å². The van der Waals surface area contributed by atoms with Crippen molar-refractivity contribution in [2.75, 3.05) is 11.9 Å². The first-order valence-corrected chi connectivity index (χ1v) is 9.27. The fourth-order valence-electron chi connectivity index (χ4n) is 3.08. The minimum atomic E-state index is -1.18. The van der Waals surface area contributed by atoms with Crippen molar-refractivity contribution in [2.45, 2.75) is 0 Å². The van der Waals surface area contributed by atoms with Gasteiger partial charge in [0, 0.05) is 25.0 Å². The molecule has 0 atom stereocenters. The van der Waals surface area contributed by atoms with Crippen LogP contribution in [0.15, 0.2) is 83.9 Å². The Kier molecular flexibility index (Phi) is 5.15. The lowest BCUT2D eigenvalue weighted by Gasteiger charge is -2.14. The molecule has 9 nitrogen and oxygen atoms in total. The fourth-order valence-corrected chi connectivity index (χ4v) is 3.08. The molecule has 154 valence electrons. The third-order valence-corrected chi connectivity index (χ3v) is 4.73.